The van der Waals surface area contributed by atoms with E-state index in [0.717, 1.165) is 0 Å². The summed E-state index contributed by atoms with van der Waals surface area (Å²) in [6.45, 7) is 0. The minimum atomic E-state index is -0.226. The van der Waals surface area contributed by atoms with Crippen molar-refractivity contribution in [1.82, 2.24) is 0 Å². The fourth-order valence-electron chi connectivity index (χ4n) is 2.61. The van der Waals surface area contributed by atoms with Crippen LogP contribution in [0.3, 0.4) is 0 Å². The Balaban J connectivity index is 2.01. The Morgan fingerprint density at radius 1 is 0.692 bits per heavy atom. The van der Waals surface area contributed by atoms with E-state index in [0.29, 0.717) is 28.0 Å². The lowest BCUT2D eigenvalue weighted by Gasteiger charge is -2.08. The first kappa shape index (κ1) is 17.4. The van der Waals surface area contributed by atoms with Crippen molar-refractivity contribution in [3.63, 3.8) is 0 Å². The third-order valence-corrected chi connectivity index (χ3v) is 4.02. The van der Waals surface area contributed by atoms with Crippen LogP contribution in [0.25, 0.3) is 5.57 Å². The first-order valence-corrected chi connectivity index (χ1v) is 8.24. The van der Waals surface area contributed by atoms with Crippen LogP contribution < -0.4 is 4.74 Å². The summed E-state index contributed by atoms with van der Waals surface area (Å²) in [6.07, 6.45) is 1.41. The molecule has 0 radical (unpaired) electrons. The number of carbonyl (C=O) groups is 2. The second kappa shape index (κ2) is 8.08. The van der Waals surface area contributed by atoms with E-state index in [-0.39, 0.29) is 11.6 Å². The van der Waals surface area contributed by atoms with E-state index in [1.54, 1.807) is 55.6 Å². The van der Waals surface area contributed by atoms with Crippen LogP contribution in [0.4, 0.5) is 0 Å². The van der Waals surface area contributed by atoms with Gasteiger partial charge in [-0.2, -0.15) is 0 Å². The van der Waals surface area contributed by atoms with Crippen LogP contribution in [0.15, 0.2) is 91.0 Å². The Labute approximate surface area is 152 Å². The molecule has 0 aliphatic rings. The molecule has 0 aliphatic heterocycles. The fourth-order valence-corrected chi connectivity index (χ4v) is 2.61. The molecule has 0 aromatic heterocycles. The molecule has 0 saturated carbocycles. The largest absolute Gasteiger partial charge is 0.497 e. The highest BCUT2D eigenvalue weighted by Gasteiger charge is 2.16. The van der Waals surface area contributed by atoms with Gasteiger partial charge in [0.2, 0.25) is 0 Å². The van der Waals surface area contributed by atoms with Crippen LogP contribution in [-0.2, 0) is 0 Å². The van der Waals surface area contributed by atoms with Crippen molar-refractivity contribution in [2.75, 3.05) is 7.11 Å². The van der Waals surface area contributed by atoms with Crippen molar-refractivity contribution in [3.8, 4) is 5.75 Å². The fraction of sp³-hybridized carbons (Fsp3) is 0.0435. The van der Waals surface area contributed by atoms with Crippen LogP contribution >= 0.6 is 0 Å². The number of ether oxygens (including phenoxy) is 1. The molecule has 26 heavy (non-hydrogen) atoms. The molecule has 0 heterocycles. The summed E-state index contributed by atoms with van der Waals surface area (Å²) in [5.41, 5.74) is 2.13. The van der Waals surface area contributed by atoms with Gasteiger partial charge < -0.3 is 4.74 Å². The van der Waals surface area contributed by atoms with Crippen molar-refractivity contribution in [3.05, 3.63) is 108 Å². The Hall–Kier alpha value is -3.46. The zero-order valence-corrected chi connectivity index (χ0v) is 14.4. The molecule has 3 aromatic rings. The molecule has 0 aliphatic carbocycles. The summed E-state index contributed by atoms with van der Waals surface area (Å²) >= 11 is 0. The highest BCUT2D eigenvalue weighted by atomic mass is 16.5. The molecule has 3 aromatic carbocycles. The summed E-state index contributed by atoms with van der Waals surface area (Å²) in [5, 5.41) is 0. The monoisotopic (exact) mass is 342 g/mol. The van der Waals surface area contributed by atoms with Crippen LogP contribution in [0.2, 0.25) is 0 Å². The smallest absolute Gasteiger partial charge is 0.193 e. The second-order valence-corrected chi connectivity index (χ2v) is 5.71. The van der Waals surface area contributed by atoms with Gasteiger partial charge in [-0.15, -0.1) is 0 Å². The van der Waals surface area contributed by atoms with Crippen LogP contribution in [0.1, 0.15) is 26.3 Å². The Morgan fingerprint density at radius 3 is 1.77 bits per heavy atom. The van der Waals surface area contributed by atoms with Crippen molar-refractivity contribution >= 4 is 17.1 Å². The molecule has 3 heteroatoms. The van der Waals surface area contributed by atoms with Crippen molar-refractivity contribution in [1.29, 1.82) is 0 Å². The predicted molar refractivity (Wildman–Crippen MR) is 103 cm³/mol. The lowest BCUT2D eigenvalue weighted by atomic mass is 9.94. The molecule has 0 N–H and O–H groups in total. The van der Waals surface area contributed by atoms with E-state index in [2.05, 4.69) is 0 Å². The topological polar surface area (TPSA) is 43.4 Å². The average molecular weight is 342 g/mol. The number of allylic oxidation sites excluding steroid dienone is 2. The van der Waals surface area contributed by atoms with Gasteiger partial charge in [0.15, 0.2) is 11.6 Å². The van der Waals surface area contributed by atoms with Crippen molar-refractivity contribution in [2.24, 2.45) is 0 Å². The second-order valence-electron chi connectivity index (χ2n) is 5.71. The number of Topliss-reactive ketones (excluding diaryl/α,β-unsaturated/α-hetero) is 1. The van der Waals surface area contributed by atoms with Gasteiger partial charge in [-0.1, -0.05) is 60.7 Å². The van der Waals surface area contributed by atoms with Crippen molar-refractivity contribution in [2.45, 2.75) is 0 Å². The molecule has 0 atom stereocenters. The van der Waals surface area contributed by atoms with Gasteiger partial charge in [0, 0.05) is 16.7 Å². The third kappa shape index (κ3) is 3.95. The summed E-state index contributed by atoms with van der Waals surface area (Å²) in [5.74, 6) is 0.267. The predicted octanol–water partition coefficient (Wildman–Crippen LogP) is 4.84. The molecular weight excluding hydrogens is 324 g/mol. The lowest BCUT2D eigenvalue weighted by molar-refractivity contribution is 0.102. The maximum Gasteiger partial charge on any atom is 0.193 e. The zero-order valence-electron chi connectivity index (χ0n) is 14.4. The quantitative estimate of drug-likeness (QED) is 0.475. The van der Waals surface area contributed by atoms with E-state index in [1.807, 2.05) is 36.4 Å². The first-order valence-electron chi connectivity index (χ1n) is 8.24. The molecule has 0 amide bonds. The number of hydrogen-bond acceptors (Lipinski definition) is 3. The molecule has 0 unspecified atom stereocenters. The maximum atomic E-state index is 13.0. The van der Waals surface area contributed by atoms with E-state index in [1.165, 1.54) is 6.08 Å². The first-order chi connectivity index (χ1) is 12.7. The van der Waals surface area contributed by atoms with Crippen LogP contribution in [0, 0.1) is 0 Å². The van der Waals surface area contributed by atoms with Crippen LogP contribution in [-0.4, -0.2) is 18.7 Å². The Morgan fingerprint density at radius 2 is 1.23 bits per heavy atom. The standard InChI is InChI=1S/C23H18O3/c1-26-20-14-12-18(13-15-20)22(24)16-21(17-8-4-2-5-9-17)23(25)19-10-6-3-7-11-19/h2-16H,1H3. The van der Waals surface area contributed by atoms with E-state index in [9.17, 15) is 9.59 Å². The molecule has 0 fully saturated rings. The van der Waals surface area contributed by atoms with Crippen LogP contribution in [0.5, 0.6) is 5.75 Å². The summed E-state index contributed by atoms with van der Waals surface area (Å²) in [6, 6.07) is 25.0. The van der Waals surface area contributed by atoms with Gasteiger partial charge in [0.1, 0.15) is 5.75 Å². The summed E-state index contributed by atoms with van der Waals surface area (Å²) in [7, 11) is 1.57. The molecular formula is C23H18O3. The summed E-state index contributed by atoms with van der Waals surface area (Å²) in [4.78, 5) is 25.7. The molecule has 3 nitrogen and oxygen atoms in total. The van der Waals surface area contributed by atoms with E-state index < -0.39 is 0 Å². The minimum Gasteiger partial charge on any atom is -0.497 e. The van der Waals surface area contributed by atoms with Gasteiger partial charge >= 0.3 is 0 Å². The molecule has 3 rings (SSSR count). The average Bonchev–Trinajstić information content (AvgIpc) is 2.72. The highest BCUT2D eigenvalue weighted by Crippen LogP contribution is 2.21. The number of ketones is 2. The van der Waals surface area contributed by atoms with Gasteiger partial charge in [0.05, 0.1) is 7.11 Å². The number of rotatable bonds is 6. The third-order valence-electron chi connectivity index (χ3n) is 4.02. The zero-order chi connectivity index (χ0) is 18.4. The number of carbonyl (C=O) groups excluding carboxylic acids is 2. The van der Waals surface area contributed by atoms with Gasteiger partial charge in [-0.3, -0.25) is 9.59 Å². The van der Waals surface area contributed by atoms with E-state index in [4.69, 9.17) is 4.74 Å². The maximum absolute atomic E-state index is 13.0. The number of hydrogen-bond donors (Lipinski definition) is 0. The van der Waals surface area contributed by atoms with Crippen molar-refractivity contribution < 1.29 is 14.3 Å². The Bertz CT molecular complexity index is 924. The van der Waals surface area contributed by atoms with Gasteiger partial charge in [-0.05, 0) is 35.9 Å². The number of benzene rings is 3. The van der Waals surface area contributed by atoms with Gasteiger partial charge in [0.25, 0.3) is 0 Å². The SMILES string of the molecule is COc1ccc(C(=O)C=C(C(=O)c2ccccc2)c2ccccc2)cc1. The molecule has 128 valence electrons. The normalized spacial score (nSPS) is 11.0. The Kier molecular flexibility index (Phi) is 5.40. The highest BCUT2D eigenvalue weighted by molar-refractivity contribution is 6.32. The molecule has 0 bridgehead atoms. The molecule has 0 saturated heterocycles. The lowest BCUT2D eigenvalue weighted by Crippen LogP contribution is -2.06. The van der Waals surface area contributed by atoms with E-state index >= 15 is 0 Å². The minimum absolute atomic E-state index is 0.182. The number of methoxy groups -OCH3 is 1. The van der Waals surface area contributed by atoms with Gasteiger partial charge in [-0.25, -0.2) is 0 Å². The molecule has 0 spiro atoms. The summed E-state index contributed by atoms with van der Waals surface area (Å²) < 4.78 is 5.11.